The second kappa shape index (κ2) is 9.67. The zero-order valence-electron chi connectivity index (χ0n) is 19.2. The van der Waals surface area contributed by atoms with Gasteiger partial charge in [-0.1, -0.05) is 48.0 Å². The second-order valence-electron chi connectivity index (χ2n) is 8.15. The summed E-state index contributed by atoms with van der Waals surface area (Å²) < 4.78 is 6.54. The Labute approximate surface area is 211 Å². The van der Waals surface area contributed by atoms with Gasteiger partial charge in [0, 0.05) is 6.08 Å². The number of ether oxygens (including phenoxy) is 1. The molecule has 1 fully saturated rings. The molecule has 8 nitrogen and oxygen atoms in total. The van der Waals surface area contributed by atoms with Crippen LogP contribution in [0.4, 0.5) is 0 Å². The van der Waals surface area contributed by atoms with Crippen molar-refractivity contribution >= 4 is 40.4 Å². The maximum absolute atomic E-state index is 13.5. The molecule has 0 spiro atoms. The van der Waals surface area contributed by atoms with E-state index in [0.717, 1.165) is 5.56 Å². The molecule has 4 aromatic rings. The van der Waals surface area contributed by atoms with Crippen molar-refractivity contribution in [3.8, 4) is 11.4 Å². The Bertz CT molecular complexity index is 1560. The molecule has 1 N–H and O–H groups in total. The largest absolute Gasteiger partial charge is 0.497 e. The highest BCUT2D eigenvalue weighted by Crippen LogP contribution is 2.34. The molecule has 9 heteroatoms. The van der Waals surface area contributed by atoms with Crippen molar-refractivity contribution in [2.45, 2.75) is 12.5 Å². The number of rotatable bonds is 6. The Balaban J connectivity index is 1.48. The first-order valence-corrected chi connectivity index (χ1v) is 11.6. The summed E-state index contributed by atoms with van der Waals surface area (Å²) in [5.41, 5.74) is 4.03. The molecule has 0 bridgehead atoms. The number of hydrogen-bond acceptors (Lipinski definition) is 5. The first-order valence-electron chi connectivity index (χ1n) is 11.2. The first-order chi connectivity index (χ1) is 17.5. The third-order valence-electron chi connectivity index (χ3n) is 5.91. The Hall–Kier alpha value is -4.43. The van der Waals surface area contributed by atoms with Crippen molar-refractivity contribution in [3.05, 3.63) is 106 Å². The van der Waals surface area contributed by atoms with Gasteiger partial charge in [0.05, 0.1) is 35.1 Å². The quantitative estimate of drug-likeness (QED) is 0.318. The smallest absolute Gasteiger partial charge is 0.266 e. The van der Waals surface area contributed by atoms with Crippen LogP contribution in [0.2, 0.25) is 5.02 Å². The fourth-order valence-corrected chi connectivity index (χ4v) is 4.27. The molecule has 3 aromatic carbocycles. The van der Waals surface area contributed by atoms with Gasteiger partial charge in [0.15, 0.2) is 0 Å². The highest BCUT2D eigenvalue weighted by Gasteiger charge is 2.42. The first kappa shape index (κ1) is 23.3. The van der Waals surface area contributed by atoms with Gasteiger partial charge in [-0.25, -0.2) is 9.99 Å². The molecule has 1 saturated heterocycles. The average molecular weight is 501 g/mol. The van der Waals surface area contributed by atoms with E-state index in [2.05, 4.69) is 5.43 Å². The van der Waals surface area contributed by atoms with Crippen LogP contribution >= 0.6 is 11.6 Å². The summed E-state index contributed by atoms with van der Waals surface area (Å²) >= 11 is 6.43. The Morgan fingerprint density at radius 1 is 1.06 bits per heavy atom. The van der Waals surface area contributed by atoms with Crippen LogP contribution in [0.25, 0.3) is 22.7 Å². The molecule has 2 amide bonds. The number of benzene rings is 3. The predicted octanol–water partition coefficient (Wildman–Crippen LogP) is 4.07. The Morgan fingerprint density at radius 2 is 1.78 bits per heavy atom. The summed E-state index contributed by atoms with van der Waals surface area (Å²) in [6, 6.07) is 20.4. The lowest BCUT2D eigenvalue weighted by Gasteiger charge is -2.40. The van der Waals surface area contributed by atoms with Crippen LogP contribution in [0.3, 0.4) is 0 Å². The van der Waals surface area contributed by atoms with E-state index in [1.165, 1.54) is 15.7 Å². The molecular weight excluding hydrogens is 480 g/mol. The number of nitrogens with one attached hydrogen (secondary N) is 1. The molecular formula is C27H21ClN4O4. The van der Waals surface area contributed by atoms with Gasteiger partial charge in [-0.3, -0.25) is 24.4 Å². The summed E-state index contributed by atoms with van der Waals surface area (Å²) in [6.45, 7) is 0. The number of nitrogens with zero attached hydrogens (tertiary/aromatic N) is 3. The van der Waals surface area contributed by atoms with Crippen LogP contribution in [0.1, 0.15) is 23.9 Å². The molecule has 5 rings (SSSR count). The predicted molar refractivity (Wildman–Crippen MR) is 137 cm³/mol. The zero-order chi connectivity index (χ0) is 25.2. The van der Waals surface area contributed by atoms with Crippen molar-refractivity contribution in [1.82, 2.24) is 20.0 Å². The van der Waals surface area contributed by atoms with Gasteiger partial charge < -0.3 is 4.74 Å². The van der Waals surface area contributed by atoms with E-state index in [9.17, 15) is 14.4 Å². The number of aromatic nitrogens is 2. The minimum absolute atomic E-state index is 0.0811. The highest BCUT2D eigenvalue weighted by atomic mass is 35.5. The van der Waals surface area contributed by atoms with Crippen molar-refractivity contribution < 1.29 is 14.3 Å². The van der Waals surface area contributed by atoms with Crippen molar-refractivity contribution in [2.75, 3.05) is 7.11 Å². The molecule has 1 atom stereocenters. The number of fused-ring (bicyclic) bond motifs is 1. The fourth-order valence-electron chi connectivity index (χ4n) is 4.05. The monoisotopic (exact) mass is 500 g/mol. The molecule has 1 aliphatic rings. The number of amides is 2. The number of carbonyl (C=O) groups excluding carboxylic acids is 2. The van der Waals surface area contributed by atoms with Crippen LogP contribution in [-0.4, -0.2) is 33.5 Å². The van der Waals surface area contributed by atoms with Gasteiger partial charge in [-0.05, 0) is 48.0 Å². The molecule has 1 unspecified atom stereocenters. The number of carbonyl (C=O) groups is 2. The summed E-state index contributed by atoms with van der Waals surface area (Å²) in [4.78, 5) is 43.3. The topological polar surface area (TPSA) is 93.5 Å². The minimum atomic E-state index is -0.649. The molecule has 1 aromatic heterocycles. The normalized spacial score (nSPS) is 15.2. The van der Waals surface area contributed by atoms with E-state index in [4.69, 9.17) is 21.3 Å². The van der Waals surface area contributed by atoms with E-state index < -0.39 is 11.9 Å². The van der Waals surface area contributed by atoms with E-state index in [0.29, 0.717) is 33.2 Å². The maximum atomic E-state index is 13.5. The van der Waals surface area contributed by atoms with Crippen molar-refractivity contribution in [1.29, 1.82) is 0 Å². The summed E-state index contributed by atoms with van der Waals surface area (Å²) in [7, 11) is 1.58. The second-order valence-corrected chi connectivity index (χ2v) is 8.55. The lowest BCUT2D eigenvalue weighted by atomic mass is 10.0. The number of hydrazine groups is 1. The Morgan fingerprint density at radius 3 is 2.50 bits per heavy atom. The molecule has 1 aliphatic heterocycles. The van der Waals surface area contributed by atoms with Gasteiger partial charge in [-0.15, -0.1) is 0 Å². The molecule has 180 valence electrons. The number of hydrogen-bond donors (Lipinski definition) is 1. The lowest BCUT2D eigenvalue weighted by Crippen LogP contribution is -2.57. The number of methoxy groups -OCH3 is 1. The number of halogens is 1. The van der Waals surface area contributed by atoms with Crippen LogP contribution < -0.4 is 15.7 Å². The summed E-state index contributed by atoms with van der Waals surface area (Å²) in [6.07, 6.45) is 3.04. The standard InChI is InChI=1S/C27H21ClN4O4/c1-36-18-13-10-17(11-14-18)12-15-24(33)30-32-23(16-25(32)34)26-29-21-8-4-2-6-19(21)27(35)31(26)22-9-5-3-7-20(22)28/h2-15,23H,16H2,1H3,(H,30,33)/b15-12+. The molecule has 0 radical (unpaired) electrons. The lowest BCUT2D eigenvalue weighted by molar-refractivity contribution is -0.156. The SMILES string of the molecule is COc1ccc(/C=C/C(=O)NN2C(=O)CC2c2nc3ccccc3c(=O)n2-c2ccccc2Cl)cc1. The van der Waals surface area contributed by atoms with Crippen LogP contribution in [0.15, 0.2) is 83.7 Å². The van der Waals surface area contributed by atoms with Gasteiger partial charge in [0.2, 0.25) is 5.91 Å². The van der Waals surface area contributed by atoms with E-state index in [1.807, 2.05) is 12.1 Å². The maximum Gasteiger partial charge on any atom is 0.266 e. The van der Waals surface area contributed by atoms with Gasteiger partial charge in [0.1, 0.15) is 17.6 Å². The van der Waals surface area contributed by atoms with E-state index >= 15 is 0 Å². The van der Waals surface area contributed by atoms with Crippen LogP contribution in [-0.2, 0) is 9.59 Å². The minimum Gasteiger partial charge on any atom is -0.497 e. The summed E-state index contributed by atoms with van der Waals surface area (Å²) in [5, 5.41) is 1.98. The van der Waals surface area contributed by atoms with Gasteiger partial charge in [0.25, 0.3) is 11.5 Å². The van der Waals surface area contributed by atoms with E-state index in [1.54, 1.807) is 73.8 Å². The Kier molecular flexibility index (Phi) is 6.26. The van der Waals surface area contributed by atoms with Crippen LogP contribution in [0.5, 0.6) is 5.75 Å². The van der Waals surface area contributed by atoms with Crippen LogP contribution in [0, 0.1) is 0 Å². The molecule has 0 saturated carbocycles. The zero-order valence-corrected chi connectivity index (χ0v) is 20.0. The average Bonchev–Trinajstić information content (AvgIpc) is 2.90. The van der Waals surface area contributed by atoms with Gasteiger partial charge >= 0.3 is 0 Å². The van der Waals surface area contributed by atoms with Crippen molar-refractivity contribution in [2.24, 2.45) is 0 Å². The molecule has 0 aliphatic carbocycles. The number of β-lactam (4-membered cyclic amide) rings is 1. The van der Waals surface area contributed by atoms with E-state index in [-0.39, 0.29) is 17.9 Å². The molecule has 2 heterocycles. The summed E-state index contributed by atoms with van der Waals surface area (Å²) in [5.74, 6) is 0.236. The van der Waals surface area contributed by atoms with Gasteiger partial charge in [-0.2, -0.15) is 0 Å². The third kappa shape index (κ3) is 4.34. The third-order valence-corrected chi connectivity index (χ3v) is 6.23. The fraction of sp³-hybridized carbons (Fsp3) is 0.111. The molecule has 36 heavy (non-hydrogen) atoms. The number of para-hydroxylation sites is 2. The van der Waals surface area contributed by atoms with Crippen molar-refractivity contribution in [3.63, 3.8) is 0 Å². The highest BCUT2D eigenvalue weighted by molar-refractivity contribution is 6.32.